The van der Waals surface area contributed by atoms with Gasteiger partial charge in [-0.2, -0.15) is 0 Å². The molecule has 1 atom stereocenters. The predicted octanol–water partition coefficient (Wildman–Crippen LogP) is 7.51. The minimum absolute atomic E-state index is 0.0151. The number of phenols is 1. The fraction of sp³-hybridized carbons (Fsp3) is 0.250. The molecule has 4 aromatic rings. The van der Waals surface area contributed by atoms with Crippen LogP contribution in [-0.2, 0) is 11.3 Å². The first kappa shape index (κ1) is 30.4. The Labute approximate surface area is 256 Å². The molecule has 0 spiro atoms. The summed E-state index contributed by atoms with van der Waals surface area (Å²) in [5.74, 6) is 0.126. The maximum atomic E-state index is 13.5. The molecular weight excluding hydrogens is 556 g/mol. The van der Waals surface area contributed by atoms with Crippen molar-refractivity contribution in [1.29, 1.82) is 0 Å². The second-order valence-electron chi connectivity index (χ2n) is 11.1. The third kappa shape index (κ3) is 8.04. The quantitative estimate of drug-likeness (QED) is 0.118. The van der Waals surface area contributed by atoms with Gasteiger partial charge in [0, 0.05) is 24.2 Å². The molecule has 1 amide bonds. The number of aromatic hydroxyl groups is 1. The number of aromatic carboxylic acids is 1. The Bertz CT molecular complexity index is 1580. The largest absolute Gasteiger partial charge is 0.507 e. The van der Waals surface area contributed by atoms with Crippen LogP contribution in [0.15, 0.2) is 97.1 Å². The van der Waals surface area contributed by atoms with Crippen molar-refractivity contribution in [2.45, 2.75) is 51.1 Å². The van der Waals surface area contributed by atoms with E-state index in [9.17, 15) is 24.6 Å². The number of ether oxygens (including phenoxy) is 1. The van der Waals surface area contributed by atoms with E-state index in [2.05, 4.69) is 10.6 Å². The molecule has 1 saturated carbocycles. The van der Waals surface area contributed by atoms with Crippen LogP contribution in [0.25, 0.3) is 0 Å². The molecule has 0 heterocycles. The summed E-state index contributed by atoms with van der Waals surface area (Å²) in [4.78, 5) is 37.9. The van der Waals surface area contributed by atoms with Crippen molar-refractivity contribution in [1.82, 2.24) is 5.32 Å². The molecule has 44 heavy (non-hydrogen) atoms. The van der Waals surface area contributed by atoms with Crippen LogP contribution >= 0.6 is 0 Å². The summed E-state index contributed by atoms with van der Waals surface area (Å²) in [6.45, 7) is 0.336. The number of nitrogens with one attached hydrogen (secondary N) is 2. The Morgan fingerprint density at radius 2 is 1.52 bits per heavy atom. The topological polar surface area (TPSA) is 125 Å². The Morgan fingerprint density at radius 1 is 0.841 bits per heavy atom. The number of rotatable bonds is 13. The summed E-state index contributed by atoms with van der Waals surface area (Å²) >= 11 is 0. The van der Waals surface area contributed by atoms with Gasteiger partial charge in [-0.1, -0.05) is 68.1 Å². The maximum Gasteiger partial charge on any atom is 0.339 e. The Hall–Kier alpha value is -5.11. The number of Topliss-reactive ketones (excluding diaryl/α,β-unsaturated/α-hetero) is 1. The van der Waals surface area contributed by atoms with Crippen LogP contribution in [0.1, 0.15) is 76.4 Å². The molecule has 0 bridgehead atoms. The van der Waals surface area contributed by atoms with Crippen LogP contribution in [0.3, 0.4) is 0 Å². The summed E-state index contributed by atoms with van der Waals surface area (Å²) in [5, 5.41) is 25.4. The van der Waals surface area contributed by atoms with Gasteiger partial charge >= 0.3 is 5.97 Å². The number of carbonyl (C=O) groups is 3. The number of para-hydroxylation sites is 1. The van der Waals surface area contributed by atoms with Crippen LogP contribution in [-0.4, -0.2) is 27.9 Å². The van der Waals surface area contributed by atoms with E-state index in [1.54, 1.807) is 30.3 Å². The summed E-state index contributed by atoms with van der Waals surface area (Å²) in [5.41, 5.74) is 2.19. The molecule has 4 N–H and O–H groups in total. The minimum Gasteiger partial charge on any atom is -0.507 e. The lowest BCUT2D eigenvalue weighted by atomic mass is 9.93. The van der Waals surface area contributed by atoms with E-state index in [4.69, 9.17) is 4.74 Å². The lowest BCUT2D eigenvalue weighted by molar-refractivity contribution is -0.120. The molecule has 1 aliphatic rings. The Balaban J connectivity index is 1.24. The third-order valence-corrected chi connectivity index (χ3v) is 8.00. The van der Waals surface area contributed by atoms with Crippen molar-refractivity contribution in [2.24, 2.45) is 5.92 Å². The first-order valence-corrected chi connectivity index (χ1v) is 14.9. The highest BCUT2D eigenvalue weighted by molar-refractivity contribution is 5.95. The van der Waals surface area contributed by atoms with Crippen molar-refractivity contribution >= 4 is 23.3 Å². The second kappa shape index (κ2) is 14.4. The fourth-order valence-corrected chi connectivity index (χ4v) is 5.51. The molecule has 1 aliphatic carbocycles. The second-order valence-corrected chi connectivity index (χ2v) is 11.1. The van der Waals surface area contributed by atoms with Gasteiger partial charge in [-0.05, 0) is 78.1 Å². The van der Waals surface area contributed by atoms with E-state index in [0.717, 1.165) is 30.6 Å². The summed E-state index contributed by atoms with van der Waals surface area (Å²) in [6.07, 6.45) is 5.88. The van der Waals surface area contributed by atoms with E-state index >= 15 is 0 Å². The van der Waals surface area contributed by atoms with Crippen molar-refractivity contribution < 1.29 is 29.3 Å². The summed E-state index contributed by atoms with van der Waals surface area (Å²) in [6, 6.07) is 27.3. The first-order chi connectivity index (χ1) is 21.4. The van der Waals surface area contributed by atoms with Gasteiger partial charge in [-0.15, -0.1) is 0 Å². The van der Waals surface area contributed by atoms with Gasteiger partial charge in [-0.25, -0.2) is 4.79 Å². The number of hydrogen-bond acceptors (Lipinski definition) is 6. The molecule has 0 saturated heterocycles. The molecule has 8 nitrogen and oxygen atoms in total. The lowest BCUT2D eigenvalue weighted by Crippen LogP contribution is -2.24. The minimum atomic E-state index is -1.26. The number of amides is 1. The van der Waals surface area contributed by atoms with Gasteiger partial charge in [0.2, 0.25) is 0 Å². The van der Waals surface area contributed by atoms with Gasteiger partial charge in [0.25, 0.3) is 5.91 Å². The zero-order chi connectivity index (χ0) is 30.9. The van der Waals surface area contributed by atoms with E-state index in [1.807, 2.05) is 54.6 Å². The number of benzene rings is 4. The van der Waals surface area contributed by atoms with E-state index < -0.39 is 12.0 Å². The highest BCUT2D eigenvalue weighted by Crippen LogP contribution is 2.31. The number of carboxylic acid groups (broad SMARTS) is 1. The lowest BCUT2D eigenvalue weighted by Gasteiger charge is -2.21. The van der Waals surface area contributed by atoms with Crippen LogP contribution < -0.4 is 15.4 Å². The fourth-order valence-electron chi connectivity index (χ4n) is 5.51. The standard InChI is InChI=1S/C36H36N2O6/c39-32-21-17-28(22-31(32)36(42)43)38-34(33(40)20-12-24-6-4-5-7-24)26-13-15-27(16-14-26)35(41)37-23-25-10-18-30(19-11-25)44-29-8-2-1-3-9-29/h1-3,8-11,13-19,21-22,24,34,38-39H,4-7,12,20,23H2,(H,37,41)(H,42,43). The van der Waals surface area contributed by atoms with E-state index in [1.165, 1.54) is 25.0 Å². The normalized spacial score (nSPS) is 13.6. The van der Waals surface area contributed by atoms with Crippen molar-refractivity contribution in [2.75, 3.05) is 5.32 Å². The van der Waals surface area contributed by atoms with Crippen LogP contribution in [0.4, 0.5) is 5.69 Å². The number of carbonyl (C=O) groups excluding carboxylic acids is 2. The van der Waals surface area contributed by atoms with Crippen molar-refractivity contribution in [3.05, 3.63) is 119 Å². The van der Waals surface area contributed by atoms with Crippen LogP contribution in [0.5, 0.6) is 17.2 Å². The number of anilines is 1. The molecule has 226 valence electrons. The molecule has 0 aliphatic heterocycles. The number of hydrogen-bond donors (Lipinski definition) is 4. The average molecular weight is 593 g/mol. The van der Waals surface area contributed by atoms with Gasteiger partial charge in [-0.3, -0.25) is 9.59 Å². The highest BCUT2D eigenvalue weighted by atomic mass is 16.5. The van der Waals surface area contributed by atoms with Crippen molar-refractivity contribution in [3.8, 4) is 17.2 Å². The Morgan fingerprint density at radius 3 is 2.20 bits per heavy atom. The summed E-state index contributed by atoms with van der Waals surface area (Å²) < 4.78 is 5.82. The molecule has 1 unspecified atom stereocenters. The molecule has 4 aromatic carbocycles. The third-order valence-electron chi connectivity index (χ3n) is 8.00. The molecule has 1 fully saturated rings. The molecule has 0 radical (unpaired) electrons. The predicted molar refractivity (Wildman–Crippen MR) is 168 cm³/mol. The average Bonchev–Trinajstić information content (AvgIpc) is 3.57. The van der Waals surface area contributed by atoms with Gasteiger partial charge in [0.05, 0.1) is 0 Å². The maximum absolute atomic E-state index is 13.5. The van der Waals surface area contributed by atoms with Crippen LogP contribution in [0, 0.1) is 5.92 Å². The van der Waals surface area contributed by atoms with E-state index in [-0.39, 0.29) is 23.0 Å². The smallest absolute Gasteiger partial charge is 0.339 e. The molecular formula is C36H36N2O6. The number of ketones is 1. The highest BCUT2D eigenvalue weighted by Gasteiger charge is 2.24. The zero-order valence-electron chi connectivity index (χ0n) is 24.4. The number of carboxylic acids is 1. The molecule has 5 rings (SSSR count). The van der Waals surface area contributed by atoms with Gasteiger partial charge < -0.3 is 25.6 Å². The molecule has 0 aromatic heterocycles. The SMILES string of the molecule is O=C(NCc1ccc(Oc2ccccc2)cc1)c1ccc(C(Nc2ccc(O)c(C(=O)O)c2)C(=O)CCC2CCCC2)cc1. The first-order valence-electron chi connectivity index (χ1n) is 14.9. The van der Waals surface area contributed by atoms with Gasteiger partial charge in [0.1, 0.15) is 28.9 Å². The van der Waals surface area contributed by atoms with Gasteiger partial charge in [0.15, 0.2) is 5.78 Å². The molecule has 8 heteroatoms. The monoisotopic (exact) mass is 592 g/mol. The Kier molecular flexibility index (Phi) is 9.92. The van der Waals surface area contributed by atoms with Crippen molar-refractivity contribution in [3.63, 3.8) is 0 Å². The van der Waals surface area contributed by atoms with Crippen LogP contribution in [0.2, 0.25) is 0 Å². The van der Waals surface area contributed by atoms with E-state index in [0.29, 0.717) is 41.4 Å². The summed E-state index contributed by atoms with van der Waals surface area (Å²) in [7, 11) is 0. The zero-order valence-corrected chi connectivity index (χ0v) is 24.4.